The van der Waals surface area contributed by atoms with Crippen LogP contribution < -0.4 is 21.7 Å². The van der Waals surface area contributed by atoms with Crippen LogP contribution in [0.1, 0.15) is 110 Å². The summed E-state index contributed by atoms with van der Waals surface area (Å²) in [4.78, 5) is 86.7. The van der Waals surface area contributed by atoms with Crippen LogP contribution in [0.5, 0.6) is 0 Å². The highest BCUT2D eigenvalue weighted by Gasteiger charge is 2.27. The van der Waals surface area contributed by atoms with Crippen LogP contribution in [0.15, 0.2) is 0 Å². The van der Waals surface area contributed by atoms with Crippen LogP contribution in [-0.2, 0) is 43.1 Å². The van der Waals surface area contributed by atoms with Gasteiger partial charge in [0, 0.05) is 32.7 Å². The summed E-state index contributed by atoms with van der Waals surface area (Å²) in [6.07, 6.45) is 13.0. The molecule has 0 rings (SSSR count). The normalized spacial score (nSPS) is 12.0. The number of carbonyl (C=O) groups excluding carboxylic acids is 5. The summed E-state index contributed by atoms with van der Waals surface area (Å²) in [6.45, 7) is 0.118. The molecule has 0 heterocycles. The lowest BCUT2D eigenvalue weighted by atomic mass is 10.0. The third kappa shape index (κ3) is 26.8. The van der Waals surface area contributed by atoms with Gasteiger partial charge in [0.25, 0.3) is 0 Å². The Bertz CT molecular complexity index is 1010. The molecule has 8 N–H and O–H groups in total. The van der Waals surface area contributed by atoms with Crippen molar-refractivity contribution in [2.45, 2.75) is 122 Å². The average molecular weight is 704 g/mol. The van der Waals surface area contributed by atoms with Crippen molar-refractivity contribution in [1.82, 2.24) is 21.0 Å². The van der Waals surface area contributed by atoms with E-state index in [-0.39, 0.29) is 45.0 Å². The maximum Gasteiger partial charge on any atom is 0.326 e. The highest BCUT2D eigenvalue weighted by Crippen LogP contribution is 2.13. The Hall–Kier alpha value is -3.83. The number of nitrogens with one attached hydrogen (secondary N) is 3. The first-order valence-electron chi connectivity index (χ1n) is 17.1. The lowest BCUT2D eigenvalue weighted by Gasteiger charge is -2.23. The molecule has 17 nitrogen and oxygen atoms in total. The van der Waals surface area contributed by atoms with E-state index in [0.717, 1.165) is 63.4 Å². The van der Waals surface area contributed by atoms with Gasteiger partial charge in [-0.2, -0.15) is 0 Å². The van der Waals surface area contributed by atoms with Crippen molar-refractivity contribution in [1.29, 1.82) is 0 Å². The molecule has 17 heteroatoms. The van der Waals surface area contributed by atoms with Crippen LogP contribution in [0.25, 0.3) is 0 Å². The number of hydroxylamine groups is 2. The van der Waals surface area contributed by atoms with Crippen LogP contribution >= 0.6 is 0 Å². The Balaban J connectivity index is 4.01. The molecule has 0 saturated carbocycles. The van der Waals surface area contributed by atoms with Crippen molar-refractivity contribution in [3.63, 3.8) is 0 Å². The molecule has 0 saturated heterocycles. The summed E-state index contributed by atoms with van der Waals surface area (Å²) in [6, 6.07) is -3.00. The molecule has 0 radical (unpaired) electrons. The van der Waals surface area contributed by atoms with Gasteiger partial charge in [-0.15, -0.1) is 0 Å². The average Bonchev–Trinajstić information content (AvgIpc) is 3.03. The van der Waals surface area contributed by atoms with E-state index in [1.54, 1.807) is 0 Å². The molecule has 0 aromatic carbocycles. The number of carbonyl (C=O) groups is 7. The molecule has 49 heavy (non-hydrogen) atoms. The molecule has 0 aromatic rings. The van der Waals surface area contributed by atoms with E-state index < -0.39 is 60.8 Å². The molecule has 5 amide bonds. The monoisotopic (exact) mass is 703 g/mol. The lowest BCUT2D eigenvalue weighted by molar-refractivity contribution is -0.190. The van der Waals surface area contributed by atoms with Crippen LogP contribution in [-0.4, -0.2) is 113 Å². The third-order valence-electron chi connectivity index (χ3n) is 7.35. The van der Waals surface area contributed by atoms with Crippen molar-refractivity contribution in [3.8, 4) is 0 Å². The maximum atomic E-state index is 12.4. The fourth-order valence-electron chi connectivity index (χ4n) is 4.62. The zero-order chi connectivity index (χ0) is 36.9. The summed E-state index contributed by atoms with van der Waals surface area (Å²) in [5, 5.41) is 35.2. The number of hydrogen-bond donors (Lipinski definition) is 7. The minimum Gasteiger partial charge on any atom is -0.481 e. The van der Waals surface area contributed by atoms with E-state index in [1.165, 1.54) is 25.7 Å². The Morgan fingerprint density at radius 2 is 1.24 bits per heavy atom. The zero-order valence-corrected chi connectivity index (χ0v) is 28.8. The second kappa shape index (κ2) is 29.1. The number of unbranched alkanes of at least 4 members (excludes halogenated alkanes) is 11. The van der Waals surface area contributed by atoms with Gasteiger partial charge < -0.3 is 41.7 Å². The van der Waals surface area contributed by atoms with Gasteiger partial charge in [0.05, 0.1) is 26.4 Å². The number of hydrogen-bond acceptors (Lipinski definition) is 10. The van der Waals surface area contributed by atoms with Crippen LogP contribution in [0.2, 0.25) is 0 Å². The SMILES string of the molecule is CC(=O)N(CC(=O)N[C@@H](CO)C(=O)N[C@@H](CCC(N)=O)C(=O)O)OCCOCCNC(=O)CCCCCCCCCCCCCCC(=O)O. The van der Waals surface area contributed by atoms with E-state index in [1.807, 2.05) is 0 Å². The topological polar surface area (TPSA) is 264 Å². The number of amides is 5. The van der Waals surface area contributed by atoms with Gasteiger partial charge in [-0.05, 0) is 19.3 Å². The molecule has 2 atom stereocenters. The highest BCUT2D eigenvalue weighted by atomic mass is 16.7. The number of primary amides is 1. The molecule has 0 aromatic heterocycles. The van der Waals surface area contributed by atoms with Crippen molar-refractivity contribution >= 4 is 41.5 Å². The number of ether oxygens (including phenoxy) is 1. The fourth-order valence-corrected chi connectivity index (χ4v) is 4.62. The molecular weight excluding hydrogens is 646 g/mol. The maximum absolute atomic E-state index is 12.4. The Labute approximate surface area is 287 Å². The zero-order valence-electron chi connectivity index (χ0n) is 28.8. The Kier molecular flexibility index (Phi) is 26.8. The summed E-state index contributed by atoms with van der Waals surface area (Å²) < 4.78 is 5.39. The number of aliphatic hydroxyl groups is 1. The smallest absolute Gasteiger partial charge is 0.326 e. The molecule has 0 bridgehead atoms. The number of carboxylic acids is 2. The molecule has 0 aliphatic heterocycles. The van der Waals surface area contributed by atoms with Crippen molar-refractivity contribution < 1.29 is 58.5 Å². The van der Waals surface area contributed by atoms with Gasteiger partial charge in [0.1, 0.15) is 18.6 Å². The second-order valence-electron chi connectivity index (χ2n) is 11.7. The Morgan fingerprint density at radius 1 is 0.694 bits per heavy atom. The van der Waals surface area contributed by atoms with Gasteiger partial charge >= 0.3 is 11.9 Å². The molecule has 282 valence electrons. The summed E-state index contributed by atoms with van der Waals surface area (Å²) in [5.74, 6) is -5.48. The van der Waals surface area contributed by atoms with Crippen molar-refractivity contribution in [2.75, 3.05) is 39.5 Å². The van der Waals surface area contributed by atoms with Crippen molar-refractivity contribution in [3.05, 3.63) is 0 Å². The Morgan fingerprint density at radius 3 is 1.73 bits per heavy atom. The number of carboxylic acid groups (broad SMARTS) is 2. The number of nitrogens with two attached hydrogens (primary N) is 1. The number of rotatable bonds is 32. The predicted octanol–water partition coefficient (Wildman–Crippen LogP) is 0.757. The van der Waals surface area contributed by atoms with Crippen LogP contribution in [0, 0.1) is 0 Å². The van der Waals surface area contributed by atoms with E-state index in [4.69, 9.17) is 20.4 Å². The van der Waals surface area contributed by atoms with Gasteiger partial charge in [0.2, 0.25) is 29.5 Å². The molecule has 0 fully saturated rings. The fraction of sp³-hybridized carbons (Fsp3) is 0.781. The van der Waals surface area contributed by atoms with E-state index >= 15 is 0 Å². The molecule has 0 spiro atoms. The minimum absolute atomic E-state index is 0.0532. The standard InChI is InChI=1S/C32H57N5O12/c1-24(39)37(22-29(42)35-26(23-38)31(45)36-25(32(46)47)16-17-27(33)40)49-21-20-48-19-18-34-28(41)14-12-10-8-6-4-2-3-5-7-9-11-13-15-30(43)44/h25-26,38H,2-23H2,1H3,(H2,33,40)(H,34,41)(H,35,42)(H,36,45)(H,43,44)(H,46,47)/t25-,26-/m0/s1. The van der Waals surface area contributed by atoms with Crippen molar-refractivity contribution in [2.24, 2.45) is 5.73 Å². The molecular formula is C32H57N5O12. The van der Waals surface area contributed by atoms with Crippen LogP contribution in [0.4, 0.5) is 0 Å². The van der Waals surface area contributed by atoms with Gasteiger partial charge in [0.15, 0.2) is 0 Å². The molecule has 0 unspecified atom stereocenters. The van der Waals surface area contributed by atoms with Gasteiger partial charge in [-0.25, -0.2) is 9.86 Å². The first-order valence-corrected chi connectivity index (χ1v) is 17.1. The highest BCUT2D eigenvalue weighted by molar-refractivity contribution is 5.92. The van der Waals surface area contributed by atoms with E-state index in [2.05, 4.69) is 16.0 Å². The summed E-state index contributed by atoms with van der Waals surface area (Å²) >= 11 is 0. The summed E-state index contributed by atoms with van der Waals surface area (Å²) in [7, 11) is 0. The quantitative estimate of drug-likeness (QED) is 0.0378. The second-order valence-corrected chi connectivity index (χ2v) is 11.7. The van der Waals surface area contributed by atoms with Crippen LogP contribution in [0.3, 0.4) is 0 Å². The predicted molar refractivity (Wildman–Crippen MR) is 176 cm³/mol. The first kappa shape index (κ1) is 45.2. The third-order valence-corrected chi connectivity index (χ3v) is 7.35. The molecule has 0 aliphatic carbocycles. The minimum atomic E-state index is -1.53. The van der Waals surface area contributed by atoms with E-state index in [9.17, 15) is 43.8 Å². The number of aliphatic carboxylic acids is 2. The van der Waals surface area contributed by atoms with Gasteiger partial charge in [-0.1, -0.05) is 64.2 Å². The summed E-state index contributed by atoms with van der Waals surface area (Å²) in [5.41, 5.74) is 5.00. The van der Waals surface area contributed by atoms with E-state index in [0.29, 0.717) is 13.0 Å². The number of nitrogens with zero attached hydrogens (tertiary/aromatic N) is 1. The van der Waals surface area contributed by atoms with Gasteiger partial charge in [-0.3, -0.25) is 33.6 Å². The number of aliphatic hydroxyl groups excluding tert-OH is 1. The first-order chi connectivity index (χ1) is 23.4. The largest absolute Gasteiger partial charge is 0.481 e. The lowest BCUT2D eigenvalue weighted by Crippen LogP contribution is -2.54. The molecule has 0 aliphatic rings.